The van der Waals surface area contributed by atoms with Crippen LogP contribution < -0.4 is 4.74 Å². The molecule has 0 fully saturated rings. The van der Waals surface area contributed by atoms with Crippen LogP contribution in [0.25, 0.3) is 0 Å². The van der Waals surface area contributed by atoms with E-state index in [-0.39, 0.29) is 40.9 Å². The van der Waals surface area contributed by atoms with E-state index in [0.717, 1.165) is 5.56 Å². The van der Waals surface area contributed by atoms with Crippen molar-refractivity contribution in [1.82, 2.24) is 4.31 Å². The van der Waals surface area contributed by atoms with Crippen molar-refractivity contribution in [2.24, 2.45) is 0 Å². The molecule has 3 rings (SSSR count). The van der Waals surface area contributed by atoms with Crippen LogP contribution in [0.15, 0.2) is 70.0 Å². The first-order valence-corrected chi connectivity index (χ1v) is 11.2. The molecule has 9 nitrogen and oxygen atoms in total. The largest absolute Gasteiger partial charge is 0.495 e. The third-order valence-corrected chi connectivity index (χ3v) is 6.55. The minimum atomic E-state index is -3.98. The second kappa shape index (κ2) is 10.3. The average molecular weight is 474 g/mol. The number of ether oxygens (including phenoxy) is 3. The first-order chi connectivity index (χ1) is 15.8. The van der Waals surface area contributed by atoms with Gasteiger partial charge >= 0.3 is 11.9 Å². The zero-order chi connectivity index (χ0) is 24.0. The molecule has 0 aliphatic heterocycles. The van der Waals surface area contributed by atoms with E-state index < -0.39 is 22.0 Å². The van der Waals surface area contributed by atoms with E-state index in [9.17, 15) is 18.0 Å². The zero-order valence-electron chi connectivity index (χ0n) is 18.3. The summed E-state index contributed by atoms with van der Waals surface area (Å²) in [5.74, 6) is -1.12. The fourth-order valence-electron chi connectivity index (χ4n) is 2.98. The van der Waals surface area contributed by atoms with E-state index >= 15 is 0 Å². The molecule has 0 N–H and O–H groups in total. The summed E-state index contributed by atoms with van der Waals surface area (Å²) in [6, 6.07) is 16.0. The highest BCUT2D eigenvalue weighted by Gasteiger charge is 2.27. The highest BCUT2D eigenvalue weighted by molar-refractivity contribution is 7.89. The topological polar surface area (TPSA) is 112 Å². The molecule has 1 aromatic heterocycles. The fourth-order valence-corrected chi connectivity index (χ4v) is 4.32. The van der Waals surface area contributed by atoms with Gasteiger partial charge in [0.1, 0.15) is 23.0 Å². The van der Waals surface area contributed by atoms with Gasteiger partial charge in [0, 0.05) is 13.6 Å². The maximum atomic E-state index is 13.2. The van der Waals surface area contributed by atoms with Crippen LogP contribution in [0.1, 0.15) is 32.2 Å². The van der Waals surface area contributed by atoms with Crippen LogP contribution in [-0.4, -0.2) is 45.9 Å². The van der Waals surface area contributed by atoms with Crippen LogP contribution >= 0.6 is 0 Å². The van der Waals surface area contributed by atoms with Crippen molar-refractivity contribution in [3.05, 3.63) is 83.3 Å². The summed E-state index contributed by atoms with van der Waals surface area (Å²) in [5, 5.41) is 0. The zero-order valence-corrected chi connectivity index (χ0v) is 19.1. The summed E-state index contributed by atoms with van der Waals surface area (Å²) >= 11 is 0. The molecule has 1 heterocycles. The van der Waals surface area contributed by atoms with Gasteiger partial charge in [-0.05, 0) is 35.9 Å². The number of hydrogen-bond acceptors (Lipinski definition) is 8. The second-order valence-electron chi connectivity index (χ2n) is 6.95. The minimum absolute atomic E-state index is 0.0160. The van der Waals surface area contributed by atoms with Gasteiger partial charge in [0.15, 0.2) is 0 Å². The minimum Gasteiger partial charge on any atom is -0.495 e. The normalized spacial score (nSPS) is 11.3. The van der Waals surface area contributed by atoms with Gasteiger partial charge < -0.3 is 18.6 Å². The first-order valence-electron chi connectivity index (χ1n) is 9.78. The van der Waals surface area contributed by atoms with Gasteiger partial charge in [-0.2, -0.15) is 4.31 Å². The predicted molar refractivity (Wildman–Crippen MR) is 117 cm³/mol. The molecule has 0 saturated heterocycles. The lowest BCUT2D eigenvalue weighted by atomic mass is 10.2. The number of esters is 2. The Morgan fingerprint density at radius 1 is 0.970 bits per heavy atom. The number of rotatable bonds is 9. The molecule has 0 bridgehead atoms. The molecule has 174 valence electrons. The molecule has 0 aliphatic rings. The van der Waals surface area contributed by atoms with E-state index in [1.165, 1.54) is 55.9 Å². The van der Waals surface area contributed by atoms with Crippen molar-refractivity contribution in [2.45, 2.75) is 18.0 Å². The van der Waals surface area contributed by atoms with E-state index in [2.05, 4.69) is 4.74 Å². The molecule has 33 heavy (non-hydrogen) atoms. The smallest absolute Gasteiger partial charge is 0.373 e. The van der Waals surface area contributed by atoms with Crippen LogP contribution in [0.2, 0.25) is 0 Å². The maximum Gasteiger partial charge on any atom is 0.373 e. The monoisotopic (exact) mass is 473 g/mol. The molecular formula is C23H23NO8S. The van der Waals surface area contributed by atoms with Crippen LogP contribution in [0.5, 0.6) is 5.75 Å². The molecule has 3 aromatic rings. The van der Waals surface area contributed by atoms with Crippen molar-refractivity contribution < 1.29 is 36.6 Å². The summed E-state index contributed by atoms with van der Waals surface area (Å²) in [7, 11) is 0.0314. The number of hydrogen-bond donors (Lipinski definition) is 0. The quantitative estimate of drug-likeness (QED) is 0.435. The fraction of sp³-hybridized carbons (Fsp3) is 0.217. The Kier molecular flexibility index (Phi) is 7.52. The van der Waals surface area contributed by atoms with Gasteiger partial charge in [-0.25, -0.2) is 18.0 Å². The molecule has 0 unspecified atom stereocenters. The lowest BCUT2D eigenvalue weighted by Gasteiger charge is -2.19. The first kappa shape index (κ1) is 24.0. The van der Waals surface area contributed by atoms with Crippen molar-refractivity contribution in [3.8, 4) is 5.75 Å². The number of nitrogens with zero attached hydrogens (tertiary/aromatic N) is 1. The van der Waals surface area contributed by atoms with E-state index in [1.807, 2.05) is 30.3 Å². The molecule has 10 heteroatoms. The van der Waals surface area contributed by atoms with E-state index in [4.69, 9.17) is 13.9 Å². The molecule has 2 aromatic carbocycles. The molecular weight excluding hydrogens is 450 g/mol. The molecule has 0 saturated carbocycles. The average Bonchev–Trinajstić information content (AvgIpc) is 3.31. The second-order valence-corrected chi connectivity index (χ2v) is 8.96. The Hall–Kier alpha value is -3.63. The summed E-state index contributed by atoms with van der Waals surface area (Å²) in [6.07, 6.45) is 0. The lowest BCUT2D eigenvalue weighted by Crippen LogP contribution is -2.27. The molecule has 0 aliphatic carbocycles. The van der Waals surface area contributed by atoms with Crippen LogP contribution in [0.4, 0.5) is 0 Å². The Morgan fingerprint density at radius 3 is 2.36 bits per heavy atom. The van der Waals surface area contributed by atoms with Gasteiger partial charge in [-0.15, -0.1) is 0 Å². The van der Waals surface area contributed by atoms with Crippen LogP contribution in [-0.2, 0) is 32.6 Å². The lowest BCUT2D eigenvalue weighted by molar-refractivity contribution is 0.0438. The standard InChI is InChI=1S/C23H23NO8S/c1-24(14-16-7-5-4-6-8-16)33(27,28)21-13-17(9-11-19(21)29-2)22(25)31-15-18-10-12-20(32-18)23(26)30-3/h4-13H,14-15H2,1-3H3. The molecule has 0 radical (unpaired) electrons. The third kappa shape index (κ3) is 5.60. The Bertz CT molecular complexity index is 1230. The SMILES string of the molecule is COC(=O)c1ccc(COC(=O)c2ccc(OC)c(S(=O)(=O)N(C)Cc3ccccc3)c2)o1. The van der Waals surface area contributed by atoms with Gasteiger partial charge in [0.2, 0.25) is 15.8 Å². The van der Waals surface area contributed by atoms with Crippen molar-refractivity contribution >= 4 is 22.0 Å². The van der Waals surface area contributed by atoms with E-state index in [1.54, 1.807) is 0 Å². The summed E-state index contributed by atoms with van der Waals surface area (Å²) < 4.78 is 47.8. The summed E-state index contributed by atoms with van der Waals surface area (Å²) in [4.78, 5) is 23.8. The van der Waals surface area contributed by atoms with Gasteiger partial charge in [-0.1, -0.05) is 30.3 Å². The Balaban J connectivity index is 1.78. The van der Waals surface area contributed by atoms with Gasteiger partial charge in [-0.3, -0.25) is 0 Å². The number of benzene rings is 2. The highest BCUT2D eigenvalue weighted by Crippen LogP contribution is 2.28. The number of carbonyl (C=O) groups is 2. The van der Waals surface area contributed by atoms with Crippen molar-refractivity contribution in [2.75, 3.05) is 21.3 Å². The number of furan rings is 1. The Morgan fingerprint density at radius 2 is 1.70 bits per heavy atom. The number of sulfonamides is 1. The summed E-state index contributed by atoms with van der Waals surface area (Å²) in [5.41, 5.74) is 0.824. The van der Waals surface area contributed by atoms with Gasteiger partial charge in [0.25, 0.3) is 0 Å². The Labute approximate surface area is 191 Å². The molecule has 0 spiro atoms. The third-order valence-electron chi connectivity index (χ3n) is 4.73. The number of methoxy groups -OCH3 is 2. The van der Waals surface area contributed by atoms with Gasteiger partial charge in [0.05, 0.1) is 19.8 Å². The van der Waals surface area contributed by atoms with Crippen molar-refractivity contribution in [3.63, 3.8) is 0 Å². The number of carbonyl (C=O) groups excluding carboxylic acids is 2. The van der Waals surface area contributed by atoms with E-state index in [0.29, 0.717) is 0 Å². The maximum absolute atomic E-state index is 13.2. The highest BCUT2D eigenvalue weighted by atomic mass is 32.2. The predicted octanol–water partition coefficient (Wildman–Crippen LogP) is 3.25. The van der Waals surface area contributed by atoms with Crippen LogP contribution in [0, 0.1) is 0 Å². The summed E-state index contributed by atoms with van der Waals surface area (Å²) in [6.45, 7) is -0.111. The van der Waals surface area contributed by atoms with Crippen LogP contribution in [0.3, 0.4) is 0 Å². The molecule has 0 atom stereocenters. The van der Waals surface area contributed by atoms with Crippen molar-refractivity contribution in [1.29, 1.82) is 0 Å². The molecule has 0 amide bonds.